The number of rotatable bonds is 9. The summed E-state index contributed by atoms with van der Waals surface area (Å²) in [6.07, 6.45) is 7.81. The van der Waals surface area contributed by atoms with Crippen molar-refractivity contribution in [1.82, 2.24) is 14.5 Å². The average molecular weight is 281 g/mol. The number of aryl methyl sites for hydroxylation is 1. The smallest absolute Gasteiger partial charge is 0.307 e. The largest absolute Gasteiger partial charge is 0.469 e. The number of esters is 1. The lowest BCUT2D eigenvalue weighted by Gasteiger charge is -2.22. The zero-order valence-corrected chi connectivity index (χ0v) is 12.2. The number of hydrogen-bond donors (Lipinski definition) is 0. The molecule has 0 N–H and O–H groups in total. The van der Waals surface area contributed by atoms with Crippen LogP contribution in [0.25, 0.3) is 0 Å². The van der Waals surface area contributed by atoms with Gasteiger partial charge in [0, 0.05) is 38.4 Å². The van der Waals surface area contributed by atoms with Crippen molar-refractivity contribution in [1.29, 1.82) is 0 Å². The maximum absolute atomic E-state index is 12.0. The first-order chi connectivity index (χ1) is 9.67. The number of methoxy groups -OCH3 is 1. The van der Waals surface area contributed by atoms with E-state index in [9.17, 15) is 9.59 Å². The van der Waals surface area contributed by atoms with Crippen LogP contribution in [0.1, 0.15) is 32.6 Å². The number of carbonyl (C=O) groups is 2. The standard InChI is InChI=1S/C14H23N3O3/c1-3-5-13(18)17(10-6-14(19)20-2)9-4-8-16-11-7-15-12-16/h7,11-12H,3-6,8-10H2,1-2H3. The van der Waals surface area contributed by atoms with E-state index in [1.807, 2.05) is 17.7 Å². The Labute approximate surface area is 119 Å². The minimum Gasteiger partial charge on any atom is -0.469 e. The maximum Gasteiger partial charge on any atom is 0.307 e. The first kappa shape index (κ1) is 16.2. The van der Waals surface area contributed by atoms with Crippen LogP contribution in [0, 0.1) is 0 Å². The van der Waals surface area contributed by atoms with Crippen molar-refractivity contribution in [3.63, 3.8) is 0 Å². The molecule has 1 aromatic rings. The minimum absolute atomic E-state index is 0.0991. The first-order valence-electron chi connectivity index (χ1n) is 6.97. The van der Waals surface area contributed by atoms with Crippen molar-refractivity contribution in [2.45, 2.75) is 39.2 Å². The van der Waals surface area contributed by atoms with Crippen molar-refractivity contribution in [3.05, 3.63) is 18.7 Å². The van der Waals surface area contributed by atoms with Gasteiger partial charge in [-0.05, 0) is 12.8 Å². The highest BCUT2D eigenvalue weighted by Crippen LogP contribution is 2.03. The van der Waals surface area contributed by atoms with Gasteiger partial charge in [0.05, 0.1) is 19.9 Å². The van der Waals surface area contributed by atoms with E-state index < -0.39 is 0 Å². The molecule has 0 saturated carbocycles. The number of hydrogen-bond acceptors (Lipinski definition) is 4. The van der Waals surface area contributed by atoms with Gasteiger partial charge in [-0.3, -0.25) is 9.59 Å². The number of imidazole rings is 1. The summed E-state index contributed by atoms with van der Waals surface area (Å²) in [5.74, 6) is -0.184. The molecule has 1 heterocycles. The molecule has 0 aromatic carbocycles. The van der Waals surface area contributed by atoms with Gasteiger partial charge in [-0.15, -0.1) is 0 Å². The Kier molecular flexibility index (Phi) is 7.39. The highest BCUT2D eigenvalue weighted by Gasteiger charge is 2.14. The fourth-order valence-corrected chi connectivity index (χ4v) is 1.92. The molecule has 0 aliphatic heterocycles. The van der Waals surface area contributed by atoms with Gasteiger partial charge in [0.1, 0.15) is 0 Å². The van der Waals surface area contributed by atoms with Crippen molar-refractivity contribution >= 4 is 11.9 Å². The van der Waals surface area contributed by atoms with E-state index in [0.717, 1.165) is 19.4 Å². The lowest BCUT2D eigenvalue weighted by atomic mass is 10.2. The summed E-state index contributed by atoms with van der Waals surface area (Å²) in [6, 6.07) is 0. The third-order valence-corrected chi connectivity index (χ3v) is 3.03. The molecule has 0 unspecified atom stereocenters. The van der Waals surface area contributed by atoms with E-state index >= 15 is 0 Å². The molecule has 0 fully saturated rings. The molecular formula is C14H23N3O3. The van der Waals surface area contributed by atoms with Crippen LogP contribution in [0.4, 0.5) is 0 Å². The Balaban J connectivity index is 2.40. The molecule has 0 aliphatic carbocycles. The van der Waals surface area contributed by atoms with Crippen LogP contribution in [0.3, 0.4) is 0 Å². The predicted octanol–water partition coefficient (Wildman–Crippen LogP) is 1.46. The Hall–Kier alpha value is -1.85. The summed E-state index contributed by atoms with van der Waals surface area (Å²) in [5.41, 5.74) is 0. The fraction of sp³-hybridized carbons (Fsp3) is 0.643. The van der Waals surface area contributed by atoms with Gasteiger partial charge < -0.3 is 14.2 Å². The van der Waals surface area contributed by atoms with Crippen molar-refractivity contribution in [3.8, 4) is 0 Å². The molecule has 0 radical (unpaired) electrons. The molecule has 6 heteroatoms. The van der Waals surface area contributed by atoms with Gasteiger partial charge in [-0.2, -0.15) is 0 Å². The third kappa shape index (κ3) is 5.86. The van der Waals surface area contributed by atoms with Crippen LogP contribution < -0.4 is 0 Å². The van der Waals surface area contributed by atoms with E-state index in [0.29, 0.717) is 19.5 Å². The number of amides is 1. The van der Waals surface area contributed by atoms with Crippen molar-refractivity contribution in [2.24, 2.45) is 0 Å². The molecule has 0 saturated heterocycles. The topological polar surface area (TPSA) is 64.4 Å². The summed E-state index contributed by atoms with van der Waals surface area (Å²) in [5, 5.41) is 0. The monoisotopic (exact) mass is 281 g/mol. The molecule has 20 heavy (non-hydrogen) atoms. The predicted molar refractivity (Wildman–Crippen MR) is 75.0 cm³/mol. The van der Waals surface area contributed by atoms with E-state index in [4.69, 9.17) is 0 Å². The van der Waals surface area contributed by atoms with Gasteiger partial charge in [-0.25, -0.2) is 4.98 Å². The zero-order valence-electron chi connectivity index (χ0n) is 12.2. The summed E-state index contributed by atoms with van der Waals surface area (Å²) in [4.78, 5) is 28.9. The van der Waals surface area contributed by atoms with E-state index in [-0.39, 0.29) is 18.3 Å². The van der Waals surface area contributed by atoms with Crippen LogP contribution in [-0.2, 0) is 20.9 Å². The van der Waals surface area contributed by atoms with Crippen LogP contribution in [0.15, 0.2) is 18.7 Å². The normalized spacial score (nSPS) is 10.3. The first-order valence-corrected chi connectivity index (χ1v) is 6.97. The minimum atomic E-state index is -0.283. The molecular weight excluding hydrogens is 258 g/mol. The molecule has 1 rings (SSSR count). The number of ether oxygens (including phenoxy) is 1. The second-order valence-electron chi connectivity index (χ2n) is 4.61. The number of aromatic nitrogens is 2. The van der Waals surface area contributed by atoms with Crippen LogP contribution in [0.2, 0.25) is 0 Å². The maximum atomic E-state index is 12.0. The van der Waals surface area contributed by atoms with Crippen molar-refractivity contribution < 1.29 is 14.3 Å². The Morgan fingerprint density at radius 1 is 1.30 bits per heavy atom. The SMILES string of the molecule is CCCC(=O)N(CCCn1ccnc1)CCC(=O)OC. The molecule has 112 valence electrons. The fourth-order valence-electron chi connectivity index (χ4n) is 1.92. The van der Waals surface area contributed by atoms with Gasteiger partial charge in [0.2, 0.25) is 5.91 Å². The lowest BCUT2D eigenvalue weighted by Crippen LogP contribution is -2.34. The second-order valence-corrected chi connectivity index (χ2v) is 4.61. The van der Waals surface area contributed by atoms with Gasteiger partial charge in [0.25, 0.3) is 0 Å². The number of nitrogens with zero attached hydrogens (tertiary/aromatic N) is 3. The van der Waals surface area contributed by atoms with Gasteiger partial charge in [-0.1, -0.05) is 6.92 Å². The molecule has 6 nitrogen and oxygen atoms in total. The highest BCUT2D eigenvalue weighted by molar-refractivity contribution is 5.77. The quantitative estimate of drug-likeness (QED) is 0.643. The van der Waals surface area contributed by atoms with E-state index in [1.165, 1.54) is 7.11 Å². The lowest BCUT2D eigenvalue weighted by molar-refractivity contribution is -0.141. The van der Waals surface area contributed by atoms with Crippen LogP contribution in [0.5, 0.6) is 0 Å². The van der Waals surface area contributed by atoms with Crippen LogP contribution in [-0.4, -0.2) is 46.5 Å². The van der Waals surface area contributed by atoms with Gasteiger partial charge >= 0.3 is 5.97 Å². The summed E-state index contributed by atoms with van der Waals surface area (Å²) >= 11 is 0. The summed E-state index contributed by atoms with van der Waals surface area (Å²) in [7, 11) is 1.36. The second kappa shape index (κ2) is 9.12. The molecule has 0 aliphatic rings. The molecule has 1 amide bonds. The Morgan fingerprint density at radius 2 is 2.10 bits per heavy atom. The molecule has 1 aromatic heterocycles. The zero-order chi connectivity index (χ0) is 14.8. The third-order valence-electron chi connectivity index (χ3n) is 3.03. The molecule has 0 atom stereocenters. The molecule has 0 spiro atoms. The van der Waals surface area contributed by atoms with Gasteiger partial charge in [0.15, 0.2) is 0 Å². The van der Waals surface area contributed by atoms with E-state index in [2.05, 4.69) is 9.72 Å². The average Bonchev–Trinajstić information content (AvgIpc) is 2.95. The van der Waals surface area contributed by atoms with E-state index in [1.54, 1.807) is 17.4 Å². The number of carbonyl (C=O) groups excluding carboxylic acids is 2. The Morgan fingerprint density at radius 3 is 2.70 bits per heavy atom. The molecule has 0 bridgehead atoms. The summed E-state index contributed by atoms with van der Waals surface area (Å²) < 4.78 is 6.59. The van der Waals surface area contributed by atoms with Crippen molar-refractivity contribution in [2.75, 3.05) is 20.2 Å². The van der Waals surface area contributed by atoms with Crippen LogP contribution >= 0.6 is 0 Å². The highest BCUT2D eigenvalue weighted by atomic mass is 16.5. The Bertz CT molecular complexity index is 404. The summed E-state index contributed by atoms with van der Waals surface area (Å²) in [6.45, 7) is 3.86.